The van der Waals surface area contributed by atoms with Crippen LogP contribution in [0.4, 0.5) is 10.1 Å². The van der Waals surface area contributed by atoms with E-state index in [9.17, 15) is 19.4 Å². The van der Waals surface area contributed by atoms with Crippen LogP contribution >= 0.6 is 0 Å². The number of anilines is 1. The molecule has 0 radical (unpaired) electrons. The lowest BCUT2D eigenvalue weighted by Gasteiger charge is -2.34. The number of hydrogen-bond acceptors (Lipinski definition) is 6. The molecule has 4 atom stereocenters. The summed E-state index contributed by atoms with van der Waals surface area (Å²) in [5.41, 5.74) is 5.25. The monoisotopic (exact) mass is 539 g/mol. The first-order chi connectivity index (χ1) is 18.7. The van der Waals surface area contributed by atoms with Crippen molar-refractivity contribution in [2.45, 2.75) is 70.1 Å². The van der Waals surface area contributed by atoms with Gasteiger partial charge in [-0.1, -0.05) is 6.42 Å². The fraction of sp³-hybridized carbons (Fsp3) is 0.483. The maximum Gasteiger partial charge on any atom is 0.306 e. The second kappa shape index (κ2) is 10.8. The lowest BCUT2D eigenvalue weighted by atomic mass is 9.85. The van der Waals surface area contributed by atoms with Gasteiger partial charge in [-0.2, -0.15) is 0 Å². The molecule has 10 heteroatoms. The first-order valence-electron chi connectivity index (χ1n) is 13.5. The van der Waals surface area contributed by atoms with Crippen LogP contribution in [0.25, 0.3) is 11.0 Å². The van der Waals surface area contributed by atoms with Crippen LogP contribution in [0, 0.1) is 11.7 Å². The average molecular weight is 540 g/mol. The van der Waals surface area contributed by atoms with Crippen LogP contribution in [0.5, 0.6) is 5.75 Å². The summed E-state index contributed by atoms with van der Waals surface area (Å²) in [4.78, 5) is 27.5. The number of fused-ring (bicyclic) bond motifs is 4. The van der Waals surface area contributed by atoms with E-state index < -0.39 is 23.8 Å². The maximum absolute atomic E-state index is 14.8. The van der Waals surface area contributed by atoms with Crippen LogP contribution in [-0.4, -0.2) is 57.0 Å². The Morgan fingerprint density at radius 2 is 2.00 bits per heavy atom. The number of ether oxygens (including phenoxy) is 1. The molecule has 1 aliphatic carbocycles. The lowest BCUT2D eigenvalue weighted by molar-refractivity contribution is -0.143. The summed E-state index contributed by atoms with van der Waals surface area (Å²) in [5, 5.41) is 28.2. The summed E-state index contributed by atoms with van der Waals surface area (Å²) in [6.07, 6.45) is 4.11. The van der Waals surface area contributed by atoms with E-state index in [1.807, 2.05) is 12.1 Å². The van der Waals surface area contributed by atoms with E-state index >= 15 is 0 Å². The quantitative estimate of drug-likeness (QED) is 0.415. The minimum atomic E-state index is -1.14. The van der Waals surface area contributed by atoms with Gasteiger partial charge in [-0.15, -0.1) is 0 Å². The highest BCUT2D eigenvalue weighted by Gasteiger charge is 2.34. The van der Waals surface area contributed by atoms with E-state index in [4.69, 9.17) is 19.6 Å². The average Bonchev–Trinajstić information content (AvgIpc) is 3.56. The Bertz CT molecular complexity index is 1410. The van der Waals surface area contributed by atoms with Gasteiger partial charge in [0.1, 0.15) is 11.9 Å². The number of halogens is 1. The molecular weight excluding hydrogens is 505 g/mol. The van der Waals surface area contributed by atoms with Crippen LogP contribution < -0.4 is 9.64 Å². The number of nitrogens with zero attached hydrogens (tertiary/aromatic N) is 3. The number of aliphatic hydroxyl groups excluding tert-OH is 1. The highest BCUT2D eigenvalue weighted by Crippen LogP contribution is 2.42. The van der Waals surface area contributed by atoms with E-state index in [0.29, 0.717) is 43.3 Å². The third kappa shape index (κ3) is 4.82. The second-order valence-corrected chi connectivity index (χ2v) is 10.7. The van der Waals surface area contributed by atoms with Crippen molar-refractivity contribution in [3.63, 3.8) is 0 Å². The van der Waals surface area contributed by atoms with Crippen molar-refractivity contribution in [2.24, 2.45) is 5.92 Å². The molecule has 208 valence electrons. The molecule has 3 N–H and O–H groups in total. The Balaban J connectivity index is 0.000000983. The summed E-state index contributed by atoms with van der Waals surface area (Å²) in [6.45, 7) is 2.39. The molecule has 1 fully saturated rings. The van der Waals surface area contributed by atoms with Crippen molar-refractivity contribution < 1.29 is 34.0 Å². The topological polar surface area (TPSA) is 125 Å². The minimum Gasteiger partial charge on any atom is -0.490 e. The number of carboxylic acid groups (broad SMARTS) is 2. The van der Waals surface area contributed by atoms with E-state index in [0.717, 1.165) is 53.5 Å². The fourth-order valence-corrected chi connectivity index (χ4v) is 6.38. The smallest absolute Gasteiger partial charge is 0.306 e. The number of aryl methyl sites for hydroxylation is 1. The number of rotatable bonds is 4. The highest BCUT2D eigenvalue weighted by molar-refractivity contribution is 5.86. The van der Waals surface area contributed by atoms with Gasteiger partial charge >= 0.3 is 5.97 Å². The van der Waals surface area contributed by atoms with Gasteiger partial charge in [-0.25, -0.2) is 9.37 Å². The molecule has 6 rings (SSSR count). The van der Waals surface area contributed by atoms with Gasteiger partial charge in [-0.05, 0) is 68.9 Å². The lowest BCUT2D eigenvalue weighted by Crippen LogP contribution is -2.33. The van der Waals surface area contributed by atoms with E-state index in [1.54, 1.807) is 0 Å². The number of imidazole rings is 1. The molecule has 3 aromatic rings. The molecule has 39 heavy (non-hydrogen) atoms. The molecule has 4 unspecified atom stereocenters. The summed E-state index contributed by atoms with van der Waals surface area (Å²) >= 11 is 0. The van der Waals surface area contributed by atoms with Gasteiger partial charge in [0.2, 0.25) is 0 Å². The largest absolute Gasteiger partial charge is 0.490 e. The van der Waals surface area contributed by atoms with Gasteiger partial charge < -0.3 is 29.5 Å². The SMILES string of the molecule is CC1CCc2c(ccc3c2nc(C(O)c2cc(F)c4c(c2)CCO4)n3C2CCCC(C(=O)O)C2)N1C.O=CO. The zero-order valence-electron chi connectivity index (χ0n) is 22.1. The number of hydrogen-bond donors (Lipinski definition) is 3. The molecule has 3 heterocycles. The second-order valence-electron chi connectivity index (χ2n) is 10.7. The van der Waals surface area contributed by atoms with Gasteiger partial charge in [0, 0.05) is 42.4 Å². The maximum atomic E-state index is 14.8. The van der Waals surface area contributed by atoms with Gasteiger partial charge in [0.15, 0.2) is 11.6 Å². The molecule has 1 aromatic heterocycles. The third-order valence-electron chi connectivity index (χ3n) is 8.50. The Hall–Kier alpha value is -3.66. The summed E-state index contributed by atoms with van der Waals surface area (Å²) in [6, 6.07) is 7.64. The first-order valence-corrected chi connectivity index (χ1v) is 13.5. The van der Waals surface area contributed by atoms with Gasteiger partial charge in [0.05, 0.1) is 23.6 Å². The molecule has 2 aromatic carbocycles. The molecule has 0 amide bonds. The van der Waals surface area contributed by atoms with Crippen LogP contribution in [0.15, 0.2) is 24.3 Å². The number of aliphatic hydroxyl groups is 1. The number of benzene rings is 2. The molecule has 3 aliphatic rings. The molecule has 1 saturated carbocycles. The van der Waals surface area contributed by atoms with Crippen molar-refractivity contribution >= 4 is 29.2 Å². The van der Waals surface area contributed by atoms with Crippen LogP contribution in [-0.2, 0) is 22.4 Å². The predicted molar refractivity (Wildman–Crippen MR) is 143 cm³/mol. The van der Waals surface area contributed by atoms with Crippen molar-refractivity contribution in [1.29, 1.82) is 0 Å². The molecular formula is C29H34FN3O6. The highest BCUT2D eigenvalue weighted by atomic mass is 19.1. The number of aromatic nitrogens is 2. The normalized spacial score (nSPS) is 22.8. The van der Waals surface area contributed by atoms with Crippen molar-refractivity contribution in [1.82, 2.24) is 9.55 Å². The van der Waals surface area contributed by atoms with Crippen molar-refractivity contribution in [2.75, 3.05) is 18.6 Å². The predicted octanol–water partition coefficient (Wildman–Crippen LogP) is 4.48. The van der Waals surface area contributed by atoms with Crippen molar-refractivity contribution in [3.05, 3.63) is 52.6 Å². The molecule has 0 saturated heterocycles. The minimum absolute atomic E-state index is 0.101. The number of aliphatic carboxylic acids is 1. The zero-order valence-corrected chi connectivity index (χ0v) is 22.1. The molecule has 0 spiro atoms. The Labute approximate surface area is 225 Å². The van der Waals surface area contributed by atoms with E-state index in [-0.39, 0.29) is 18.3 Å². The zero-order chi connectivity index (χ0) is 27.8. The summed E-state index contributed by atoms with van der Waals surface area (Å²) in [5.74, 6) is -0.958. The van der Waals surface area contributed by atoms with Gasteiger partial charge in [-0.3, -0.25) is 9.59 Å². The fourth-order valence-electron chi connectivity index (χ4n) is 6.38. The molecule has 2 aliphatic heterocycles. The van der Waals surface area contributed by atoms with E-state index in [2.05, 4.69) is 29.5 Å². The molecule has 9 nitrogen and oxygen atoms in total. The first kappa shape index (κ1) is 26.9. The standard InChI is InChI=1S/C28H32FN3O4.CH2O2/c1-15-6-7-20-22(31(15)2)8-9-23-24(20)30-27(32(23)19-5-3-4-17(13-19)28(34)35)25(33)18-12-16-10-11-36-26(16)21(29)14-18;2-1-3/h8-9,12,14-15,17,19,25,33H,3-7,10-11,13H2,1-2H3,(H,34,35);1H,(H,2,3). The van der Waals surface area contributed by atoms with Crippen LogP contribution in [0.2, 0.25) is 0 Å². The third-order valence-corrected chi connectivity index (χ3v) is 8.50. The van der Waals surface area contributed by atoms with Crippen LogP contribution in [0.1, 0.15) is 73.7 Å². The van der Waals surface area contributed by atoms with E-state index in [1.165, 1.54) is 6.07 Å². The van der Waals surface area contributed by atoms with Gasteiger partial charge in [0.25, 0.3) is 6.47 Å². The summed E-state index contributed by atoms with van der Waals surface area (Å²) in [7, 11) is 2.09. The Morgan fingerprint density at radius 3 is 2.74 bits per heavy atom. The Kier molecular flexibility index (Phi) is 7.48. The van der Waals surface area contributed by atoms with Crippen LogP contribution in [0.3, 0.4) is 0 Å². The number of carbonyl (C=O) groups is 2. The summed E-state index contributed by atoms with van der Waals surface area (Å²) < 4.78 is 22.3. The molecule has 0 bridgehead atoms. The van der Waals surface area contributed by atoms with Crippen molar-refractivity contribution in [3.8, 4) is 5.75 Å². The number of carboxylic acids is 1. The Morgan fingerprint density at radius 1 is 1.23 bits per heavy atom.